The lowest BCUT2D eigenvalue weighted by Gasteiger charge is -2.17. The zero-order valence-electron chi connectivity index (χ0n) is 33.8. The van der Waals surface area contributed by atoms with E-state index in [9.17, 15) is 0 Å². The molecule has 8 aromatic carbocycles. The fraction of sp³-hybridized carbons (Fsp3) is 0.0545. The van der Waals surface area contributed by atoms with Gasteiger partial charge in [-0.3, -0.25) is 0 Å². The first kappa shape index (κ1) is 35.8. The molecule has 0 saturated carbocycles. The van der Waals surface area contributed by atoms with Crippen LogP contribution >= 0.6 is 0 Å². The van der Waals surface area contributed by atoms with Crippen LogP contribution in [0, 0.1) is 0 Å². The van der Waals surface area contributed by atoms with Crippen LogP contribution in [0.1, 0.15) is 0 Å². The second-order valence-electron chi connectivity index (χ2n) is 16.7. The van der Waals surface area contributed by atoms with Crippen LogP contribution in [0.25, 0.3) is 100 Å². The normalized spacial score (nSPS) is 11.9. The third-order valence-corrected chi connectivity index (χ3v) is 14.0. The van der Waals surface area contributed by atoms with Gasteiger partial charge in [0.15, 0.2) is 5.82 Å². The second kappa shape index (κ2) is 14.2. The summed E-state index contributed by atoms with van der Waals surface area (Å²) in [7, 11) is -1.42. The van der Waals surface area contributed by atoms with Gasteiger partial charge in [-0.25, -0.2) is 9.97 Å². The maximum Gasteiger partial charge on any atom is 0.160 e. The summed E-state index contributed by atoms with van der Waals surface area (Å²) in [6, 6.07) is 72.1. The molecule has 0 amide bonds. The van der Waals surface area contributed by atoms with Crippen LogP contribution in [0.15, 0.2) is 200 Å². The molecule has 0 bridgehead atoms. The second-order valence-corrected chi connectivity index (χ2v) is 21.8. The van der Waals surface area contributed by atoms with Gasteiger partial charge < -0.3 is 9.13 Å². The van der Waals surface area contributed by atoms with Crippen LogP contribution in [0.5, 0.6) is 0 Å². The fourth-order valence-electron chi connectivity index (χ4n) is 8.82. The summed E-state index contributed by atoms with van der Waals surface area (Å²) in [6.07, 6.45) is 0. The summed E-state index contributed by atoms with van der Waals surface area (Å²) >= 11 is 0. The minimum absolute atomic E-state index is 0.714. The predicted octanol–water partition coefficient (Wildman–Crippen LogP) is 13.9. The quantitative estimate of drug-likeness (QED) is 0.151. The van der Waals surface area contributed by atoms with Crippen molar-refractivity contribution in [3.8, 4) is 56.4 Å². The number of benzene rings is 8. The molecule has 0 fully saturated rings. The molecule has 0 aliphatic rings. The minimum Gasteiger partial charge on any atom is -0.309 e. The number of fused-ring (bicyclic) bond motifs is 6. The monoisotopic (exact) mass is 786 g/mol. The number of para-hydroxylation sites is 2. The van der Waals surface area contributed by atoms with Gasteiger partial charge in [-0.05, 0) is 71.8 Å². The maximum atomic E-state index is 5.08. The van der Waals surface area contributed by atoms with Gasteiger partial charge in [0.2, 0.25) is 0 Å². The minimum atomic E-state index is -1.42. The van der Waals surface area contributed by atoms with Gasteiger partial charge in [0, 0.05) is 49.6 Å². The summed E-state index contributed by atoms with van der Waals surface area (Å²) in [5.41, 5.74) is 14.4. The number of hydrogen-bond donors (Lipinski definition) is 0. The Labute approximate surface area is 350 Å². The molecule has 0 aliphatic heterocycles. The molecule has 3 aromatic heterocycles. The molecule has 0 saturated heterocycles. The van der Waals surface area contributed by atoms with Crippen molar-refractivity contribution in [1.82, 2.24) is 19.1 Å². The van der Waals surface area contributed by atoms with Crippen LogP contribution in [0.2, 0.25) is 19.6 Å². The zero-order chi connectivity index (χ0) is 40.4. The molecule has 0 aliphatic carbocycles. The maximum absolute atomic E-state index is 5.08. The third-order valence-electron chi connectivity index (χ3n) is 11.9. The van der Waals surface area contributed by atoms with Crippen molar-refractivity contribution in [1.29, 1.82) is 0 Å². The highest BCUT2D eigenvalue weighted by Crippen LogP contribution is 2.39. The predicted molar refractivity (Wildman–Crippen MR) is 255 cm³/mol. The lowest BCUT2D eigenvalue weighted by molar-refractivity contribution is 1.17. The van der Waals surface area contributed by atoms with Crippen LogP contribution < -0.4 is 5.19 Å². The number of rotatable bonds is 7. The van der Waals surface area contributed by atoms with E-state index in [0.717, 1.165) is 33.8 Å². The Morgan fingerprint density at radius 1 is 0.333 bits per heavy atom. The molecule has 0 unspecified atom stereocenters. The Kier molecular flexibility index (Phi) is 8.46. The van der Waals surface area contributed by atoms with Gasteiger partial charge in [-0.2, -0.15) is 0 Å². The summed E-state index contributed by atoms with van der Waals surface area (Å²) in [4.78, 5) is 10.1. The van der Waals surface area contributed by atoms with Crippen molar-refractivity contribution in [2.75, 3.05) is 0 Å². The Balaban J connectivity index is 1.00. The average molecular weight is 787 g/mol. The summed E-state index contributed by atoms with van der Waals surface area (Å²) in [5, 5.41) is 6.46. The Morgan fingerprint density at radius 2 is 0.783 bits per heavy atom. The molecule has 11 rings (SSSR count). The third kappa shape index (κ3) is 6.14. The van der Waals surface area contributed by atoms with Crippen molar-refractivity contribution in [2.45, 2.75) is 19.6 Å². The summed E-state index contributed by atoms with van der Waals surface area (Å²) < 4.78 is 4.82. The first-order valence-electron chi connectivity index (χ1n) is 20.7. The highest BCUT2D eigenvalue weighted by molar-refractivity contribution is 6.88. The van der Waals surface area contributed by atoms with Crippen molar-refractivity contribution >= 4 is 56.9 Å². The summed E-state index contributed by atoms with van der Waals surface area (Å²) in [5.74, 6) is 0.714. The van der Waals surface area contributed by atoms with E-state index in [1.54, 1.807) is 0 Å². The molecule has 4 nitrogen and oxygen atoms in total. The Bertz CT molecular complexity index is 3320. The fourth-order valence-corrected chi connectivity index (χ4v) is 9.99. The number of nitrogens with zero attached hydrogens (tertiary/aromatic N) is 4. The first-order chi connectivity index (χ1) is 29.4. The van der Waals surface area contributed by atoms with Gasteiger partial charge in [0.1, 0.15) is 0 Å². The van der Waals surface area contributed by atoms with Gasteiger partial charge in [0.25, 0.3) is 0 Å². The number of hydrogen-bond acceptors (Lipinski definition) is 2. The molecule has 0 spiro atoms. The van der Waals surface area contributed by atoms with Gasteiger partial charge in [-0.15, -0.1) is 0 Å². The molecule has 0 atom stereocenters. The van der Waals surface area contributed by atoms with Crippen LogP contribution in [-0.2, 0) is 0 Å². The average Bonchev–Trinajstić information content (AvgIpc) is 3.81. The van der Waals surface area contributed by atoms with Crippen LogP contribution in [0.3, 0.4) is 0 Å². The molecule has 3 heterocycles. The zero-order valence-corrected chi connectivity index (χ0v) is 34.8. The smallest absolute Gasteiger partial charge is 0.160 e. The van der Waals surface area contributed by atoms with E-state index in [-0.39, 0.29) is 0 Å². The molecule has 5 heteroatoms. The highest BCUT2D eigenvalue weighted by atomic mass is 28.3. The highest BCUT2D eigenvalue weighted by Gasteiger charge is 2.19. The molecule has 11 aromatic rings. The van der Waals surface area contributed by atoms with Gasteiger partial charge >= 0.3 is 0 Å². The largest absolute Gasteiger partial charge is 0.309 e. The molecule has 0 radical (unpaired) electrons. The molecule has 0 N–H and O–H groups in total. The molecular formula is C55H42N4Si. The lowest BCUT2D eigenvalue weighted by Crippen LogP contribution is -2.37. The van der Waals surface area contributed by atoms with E-state index >= 15 is 0 Å². The van der Waals surface area contributed by atoms with Crippen molar-refractivity contribution in [2.24, 2.45) is 0 Å². The van der Waals surface area contributed by atoms with E-state index in [2.05, 4.69) is 205 Å². The van der Waals surface area contributed by atoms with E-state index < -0.39 is 8.07 Å². The van der Waals surface area contributed by atoms with E-state index in [0.29, 0.717) is 5.82 Å². The van der Waals surface area contributed by atoms with E-state index in [1.807, 2.05) is 24.3 Å². The molecule has 286 valence electrons. The van der Waals surface area contributed by atoms with Gasteiger partial charge in [-0.1, -0.05) is 164 Å². The summed E-state index contributed by atoms with van der Waals surface area (Å²) in [6.45, 7) is 7.22. The SMILES string of the molecule is C[Si](C)(C)c1ccc(-n2c3ccccc3c3ccc(-c4ccc5c(c4)c4ccccc4n5-c4ccc(-c5cc(-c6ccccc6)nc(-c6ccccc6)n5)cc4)cc32)cc1. The topological polar surface area (TPSA) is 35.6 Å². The van der Waals surface area contributed by atoms with Crippen molar-refractivity contribution in [3.05, 3.63) is 200 Å². The lowest BCUT2D eigenvalue weighted by atomic mass is 10.0. The van der Waals surface area contributed by atoms with E-state index in [4.69, 9.17) is 9.97 Å². The Morgan fingerprint density at radius 3 is 1.42 bits per heavy atom. The van der Waals surface area contributed by atoms with E-state index in [1.165, 1.54) is 65.6 Å². The van der Waals surface area contributed by atoms with Crippen LogP contribution in [-0.4, -0.2) is 27.2 Å². The first-order valence-corrected chi connectivity index (χ1v) is 24.2. The van der Waals surface area contributed by atoms with Crippen molar-refractivity contribution < 1.29 is 0 Å². The molecular weight excluding hydrogens is 745 g/mol. The Hall–Kier alpha value is -7.34. The standard InChI is InChI=1S/C55H42N4Si/c1-60(2,3)44-30-28-43(29-31-44)59-51-20-12-10-18-45(51)47-32-24-41(35-54(47)59)40-25-33-53-48(34-40)46-19-11-13-21-52(46)58(53)42-26-22-38(23-27-42)50-36-49(37-14-6-4-7-15-37)56-55(57-50)39-16-8-5-9-17-39/h4-36H,1-3H3. The number of aromatic nitrogens is 4. The molecule has 60 heavy (non-hydrogen) atoms. The van der Waals surface area contributed by atoms with Crippen LogP contribution in [0.4, 0.5) is 0 Å². The van der Waals surface area contributed by atoms with Gasteiger partial charge in [0.05, 0.1) is 41.5 Å². The van der Waals surface area contributed by atoms with Crippen molar-refractivity contribution in [3.63, 3.8) is 0 Å².